The summed E-state index contributed by atoms with van der Waals surface area (Å²) in [6.07, 6.45) is 6.98. The Morgan fingerprint density at radius 1 is 1.18 bits per heavy atom. The molecule has 0 aliphatic carbocycles. The van der Waals surface area contributed by atoms with Crippen LogP contribution in [0.1, 0.15) is 46.0 Å². The molecule has 1 aromatic heterocycles. The molecule has 9 heteroatoms. The number of hydrogen-bond donors (Lipinski definition) is 1. The first-order valence-corrected chi connectivity index (χ1v) is 14.5. The van der Waals surface area contributed by atoms with Crippen LogP contribution in [0.5, 0.6) is 0 Å². The predicted molar refractivity (Wildman–Crippen MR) is 141 cm³/mol. The Bertz CT molecular complexity index is 999. The van der Waals surface area contributed by atoms with Crippen molar-refractivity contribution in [2.24, 2.45) is 0 Å². The van der Waals surface area contributed by atoms with Gasteiger partial charge in [-0.05, 0) is 70.0 Å². The normalized spacial score (nSPS) is 16.2. The minimum atomic E-state index is -3.18. The third-order valence-electron chi connectivity index (χ3n) is 6.41. The molecule has 34 heavy (non-hydrogen) atoms. The Labute approximate surface area is 209 Å². The van der Waals surface area contributed by atoms with E-state index >= 15 is 0 Å². The van der Waals surface area contributed by atoms with E-state index in [-0.39, 0.29) is 12.4 Å². The van der Waals surface area contributed by atoms with Crippen LogP contribution in [0.2, 0.25) is 5.02 Å². The number of ether oxygens (including phenoxy) is 1. The lowest BCUT2D eigenvalue weighted by molar-refractivity contribution is 0.115. The summed E-state index contributed by atoms with van der Waals surface area (Å²) in [6, 6.07) is 8.13. The number of rotatable bonds is 14. The molecular weight excluding hydrogens is 472 g/mol. The second-order valence-electron chi connectivity index (χ2n) is 9.03. The Balaban J connectivity index is 1.33. The molecule has 3 rings (SSSR count). The zero-order valence-electron chi connectivity index (χ0n) is 20.5. The minimum Gasteiger partial charge on any atom is -0.382 e. The third kappa shape index (κ3) is 8.34. The second kappa shape index (κ2) is 13.6. The number of benzene rings is 1. The Morgan fingerprint density at radius 2 is 1.97 bits per heavy atom. The summed E-state index contributed by atoms with van der Waals surface area (Å²) in [6.45, 7) is 9.25. The molecule has 0 spiro atoms. The summed E-state index contributed by atoms with van der Waals surface area (Å²) in [5.74, 6) is 0.0816. The number of piperidine rings is 1. The lowest BCUT2D eigenvalue weighted by Crippen LogP contribution is -2.38. The summed E-state index contributed by atoms with van der Waals surface area (Å²) >= 11 is 6.09. The molecule has 7 nitrogen and oxygen atoms in total. The number of aromatic nitrogens is 1. The zero-order chi connectivity index (χ0) is 24.4. The van der Waals surface area contributed by atoms with Crippen LogP contribution in [-0.2, 0) is 14.8 Å². The highest BCUT2D eigenvalue weighted by molar-refractivity contribution is 7.89. The van der Waals surface area contributed by atoms with Gasteiger partial charge in [0, 0.05) is 48.0 Å². The van der Waals surface area contributed by atoms with Crippen molar-refractivity contribution >= 4 is 38.2 Å². The quantitative estimate of drug-likeness (QED) is 0.374. The number of nitrogens with one attached hydrogen (secondary N) is 1. The molecule has 1 saturated heterocycles. The molecule has 2 heterocycles. The molecule has 1 aliphatic heterocycles. The van der Waals surface area contributed by atoms with Gasteiger partial charge in [0.2, 0.25) is 10.0 Å². The molecule has 1 unspecified atom stereocenters. The maximum atomic E-state index is 12.4. The van der Waals surface area contributed by atoms with Gasteiger partial charge in [0.05, 0.1) is 24.5 Å². The van der Waals surface area contributed by atoms with Crippen molar-refractivity contribution in [1.29, 1.82) is 0 Å². The number of likely N-dealkylation sites (N-methyl/N-ethyl adjacent to an activating group) is 1. The Morgan fingerprint density at radius 3 is 2.74 bits per heavy atom. The van der Waals surface area contributed by atoms with E-state index < -0.39 is 10.0 Å². The molecule has 1 N–H and O–H groups in total. The Kier molecular flexibility index (Phi) is 10.8. The molecule has 0 bridgehead atoms. The fraction of sp³-hybridized carbons (Fsp3) is 0.640. The topological polar surface area (TPSA) is 74.8 Å². The van der Waals surface area contributed by atoms with E-state index in [4.69, 9.17) is 16.3 Å². The highest BCUT2D eigenvalue weighted by Gasteiger charge is 2.23. The monoisotopic (exact) mass is 510 g/mol. The van der Waals surface area contributed by atoms with E-state index in [0.717, 1.165) is 68.3 Å². The smallest absolute Gasteiger partial charge is 0.216 e. The molecule has 1 atom stereocenters. The van der Waals surface area contributed by atoms with Crippen LogP contribution in [0.25, 0.3) is 10.9 Å². The number of fused-ring (bicyclic) bond motifs is 1. The molecule has 1 aliphatic rings. The first kappa shape index (κ1) is 27.1. The van der Waals surface area contributed by atoms with Gasteiger partial charge in [-0.2, -0.15) is 0 Å². The number of halogens is 1. The first-order chi connectivity index (χ1) is 16.4. The highest BCUT2D eigenvalue weighted by Crippen LogP contribution is 2.25. The summed E-state index contributed by atoms with van der Waals surface area (Å²) in [7, 11) is -3.18. The van der Waals surface area contributed by atoms with E-state index in [2.05, 4.69) is 29.0 Å². The largest absolute Gasteiger partial charge is 0.382 e. The molecule has 190 valence electrons. The summed E-state index contributed by atoms with van der Waals surface area (Å²) in [4.78, 5) is 6.76. The fourth-order valence-electron chi connectivity index (χ4n) is 4.37. The van der Waals surface area contributed by atoms with Gasteiger partial charge in [-0.1, -0.05) is 24.9 Å². The lowest BCUT2D eigenvalue weighted by Gasteiger charge is -2.26. The maximum Gasteiger partial charge on any atom is 0.216 e. The van der Waals surface area contributed by atoms with E-state index in [9.17, 15) is 8.42 Å². The van der Waals surface area contributed by atoms with Gasteiger partial charge in [0.1, 0.15) is 0 Å². The first-order valence-electron chi connectivity index (χ1n) is 12.5. The van der Waals surface area contributed by atoms with Crippen LogP contribution >= 0.6 is 11.6 Å². The third-order valence-corrected chi connectivity index (χ3v) is 8.48. The molecule has 2 aromatic rings. The van der Waals surface area contributed by atoms with E-state index in [1.165, 1.54) is 0 Å². The van der Waals surface area contributed by atoms with Gasteiger partial charge in [0.25, 0.3) is 0 Å². The van der Waals surface area contributed by atoms with Crippen molar-refractivity contribution in [1.82, 2.24) is 14.2 Å². The van der Waals surface area contributed by atoms with Gasteiger partial charge in [0.15, 0.2) is 0 Å². The van der Waals surface area contributed by atoms with Crippen molar-refractivity contribution in [3.63, 3.8) is 0 Å². The van der Waals surface area contributed by atoms with Crippen molar-refractivity contribution < 1.29 is 13.2 Å². The minimum absolute atomic E-state index is 0.0816. The lowest BCUT2D eigenvalue weighted by atomic mass is 10.1. The fourth-order valence-corrected chi connectivity index (χ4v) is 5.93. The van der Waals surface area contributed by atoms with Crippen LogP contribution < -0.4 is 5.32 Å². The summed E-state index contributed by atoms with van der Waals surface area (Å²) in [5, 5.41) is 5.38. The zero-order valence-corrected chi connectivity index (χ0v) is 22.1. The molecule has 1 aromatic carbocycles. The van der Waals surface area contributed by atoms with Crippen LogP contribution in [0.3, 0.4) is 0 Å². The van der Waals surface area contributed by atoms with Crippen molar-refractivity contribution in [3.05, 3.63) is 35.5 Å². The molecule has 0 amide bonds. The number of nitrogens with zero attached hydrogens (tertiary/aromatic N) is 3. The molecule has 1 fully saturated rings. The average Bonchev–Trinajstić information content (AvgIpc) is 2.83. The molecule has 0 saturated carbocycles. The molecular formula is C25H39ClN4O3S. The van der Waals surface area contributed by atoms with Crippen LogP contribution in [0.15, 0.2) is 30.5 Å². The van der Waals surface area contributed by atoms with E-state index in [0.29, 0.717) is 30.8 Å². The second-order valence-corrected chi connectivity index (χ2v) is 11.6. The number of anilines is 1. The average molecular weight is 511 g/mol. The number of pyridine rings is 1. The summed E-state index contributed by atoms with van der Waals surface area (Å²) in [5.41, 5.74) is 1.97. The van der Waals surface area contributed by atoms with Gasteiger partial charge >= 0.3 is 0 Å². The van der Waals surface area contributed by atoms with Crippen molar-refractivity contribution in [3.8, 4) is 0 Å². The van der Waals surface area contributed by atoms with E-state index in [1.54, 1.807) is 4.31 Å². The van der Waals surface area contributed by atoms with E-state index in [1.807, 2.05) is 30.5 Å². The van der Waals surface area contributed by atoms with Crippen molar-refractivity contribution in [2.45, 2.75) is 52.0 Å². The standard InChI is InChI=1S/C25H39ClN4O3S/c1-3-29(16-17-33-18-19-34(31,32)30-14-5-4-6-15-30)13-7-8-21(2)28-24-11-12-27-25-20-22(26)9-10-23(24)25/h9-12,20-21H,3-8,13-19H2,1-2H3,(H,27,28). The van der Waals surface area contributed by atoms with Gasteiger partial charge in [-0.3, -0.25) is 4.98 Å². The van der Waals surface area contributed by atoms with Crippen molar-refractivity contribution in [2.75, 3.05) is 57.0 Å². The predicted octanol–water partition coefficient (Wildman–Crippen LogP) is 4.62. The van der Waals surface area contributed by atoms with Gasteiger partial charge < -0.3 is 15.0 Å². The van der Waals surface area contributed by atoms with Crippen LogP contribution in [0.4, 0.5) is 5.69 Å². The maximum absolute atomic E-state index is 12.4. The number of hydrogen-bond acceptors (Lipinski definition) is 6. The van der Waals surface area contributed by atoms with Crippen LogP contribution in [-0.4, -0.2) is 80.3 Å². The van der Waals surface area contributed by atoms with Crippen LogP contribution in [0, 0.1) is 0 Å². The summed E-state index contributed by atoms with van der Waals surface area (Å²) < 4.78 is 32.1. The Hall–Kier alpha value is -1.45. The number of sulfonamides is 1. The van der Waals surface area contributed by atoms with Gasteiger partial charge in [-0.15, -0.1) is 0 Å². The molecule has 0 radical (unpaired) electrons. The highest BCUT2D eigenvalue weighted by atomic mass is 35.5. The van der Waals surface area contributed by atoms with Gasteiger partial charge in [-0.25, -0.2) is 12.7 Å². The SMILES string of the molecule is CCN(CCCC(C)Nc1ccnc2cc(Cl)ccc12)CCOCCS(=O)(=O)N1CCCCC1.